The average molecular weight is 1780 g/mol. The van der Waals surface area contributed by atoms with Crippen molar-refractivity contribution in [1.29, 1.82) is 0 Å². The highest BCUT2D eigenvalue weighted by Gasteiger charge is 2.63. The number of nitrogens with one attached hydrogen (secondary N) is 11. The number of carbonyl (C=O) groups is 18. The van der Waals surface area contributed by atoms with E-state index in [9.17, 15) is 122 Å². The number of fused-ring (bicyclic) bond motifs is 3. The molecule has 0 aliphatic heterocycles. The number of aryl methyl sites for hydroxylation is 1. The van der Waals surface area contributed by atoms with E-state index < -0.39 is 239 Å². The molecule has 14 amide bonds. The molecule has 0 aromatic heterocycles. The van der Waals surface area contributed by atoms with E-state index in [1.807, 2.05) is 5.32 Å². The fraction of sp³-hybridized carbons (Fsp3) is 0.469. The third kappa shape index (κ3) is 29.2. The fourth-order valence-corrected chi connectivity index (χ4v) is 14.1. The lowest BCUT2D eigenvalue weighted by Gasteiger charge is -2.47. The van der Waals surface area contributed by atoms with Crippen LogP contribution in [0.25, 0.3) is 10.8 Å². The van der Waals surface area contributed by atoms with Gasteiger partial charge in [-0.2, -0.15) is 11.8 Å². The van der Waals surface area contributed by atoms with E-state index in [0.717, 1.165) is 6.21 Å². The van der Waals surface area contributed by atoms with Gasteiger partial charge in [0.2, 0.25) is 64.7 Å². The number of Topliss-reactive ketones (excluding diaryl/α,β-unsaturated/α-hetero) is 2. The molecule has 0 unspecified atom stereocenters. The van der Waals surface area contributed by atoms with Crippen molar-refractivity contribution in [2.45, 2.75) is 140 Å². The summed E-state index contributed by atoms with van der Waals surface area (Å²) in [5, 5.41) is 106. The van der Waals surface area contributed by atoms with Gasteiger partial charge in [-0.1, -0.05) is 81.4 Å². The first-order chi connectivity index (χ1) is 59.5. The first kappa shape index (κ1) is 102. The maximum absolute atomic E-state index is 14.4. The number of phenols is 2. The molecule has 2 aliphatic carbocycles. The Morgan fingerprint density at radius 3 is 1.64 bits per heavy atom. The van der Waals surface area contributed by atoms with Crippen molar-refractivity contribution in [3.63, 3.8) is 0 Å². The summed E-state index contributed by atoms with van der Waals surface area (Å²) in [5.74, 6) is -25.4. The maximum Gasteiger partial charge on any atom is 0.315 e. The summed E-state index contributed by atoms with van der Waals surface area (Å²) in [7, 11) is 2.95. The van der Waals surface area contributed by atoms with Crippen LogP contribution < -0.4 is 70.0 Å². The number of primary amides is 2. The quantitative estimate of drug-likeness (QED) is 0.00540. The number of benzene rings is 4. The zero-order valence-corrected chi connectivity index (χ0v) is 70.9. The summed E-state index contributed by atoms with van der Waals surface area (Å²) < 4.78 is 15.6. The normalized spacial score (nSPS) is 16.4. The zero-order valence-electron chi connectivity index (χ0n) is 70.1. The van der Waals surface area contributed by atoms with Gasteiger partial charge in [-0.05, 0) is 116 Å². The predicted molar refractivity (Wildman–Crippen MR) is 446 cm³/mol. The number of ketones is 2. The van der Waals surface area contributed by atoms with Gasteiger partial charge < -0.3 is 119 Å². The summed E-state index contributed by atoms with van der Waals surface area (Å²) in [4.78, 5) is 246. The molecule has 44 nitrogen and oxygen atoms in total. The molecule has 2 aliphatic rings. The largest absolute Gasteiger partial charge is 0.510 e. The summed E-state index contributed by atoms with van der Waals surface area (Å²) in [6, 6.07) is 1.23. The lowest BCUT2D eigenvalue weighted by atomic mass is 9.60. The molecular formula is C81H105N15O29S. The second-order valence-corrected chi connectivity index (χ2v) is 31.3. The lowest BCUT2D eigenvalue weighted by Crippen LogP contribution is -2.66. The van der Waals surface area contributed by atoms with Crippen molar-refractivity contribution < 1.29 is 141 Å². The first-order valence-electron chi connectivity index (χ1n) is 39.4. The van der Waals surface area contributed by atoms with Crippen molar-refractivity contribution in [3.05, 3.63) is 111 Å². The van der Waals surface area contributed by atoms with Crippen LogP contribution >= 0.6 is 11.8 Å². The molecule has 126 heavy (non-hydrogen) atoms. The molecule has 10 atom stereocenters. The second-order valence-electron chi connectivity index (χ2n) is 30.3. The number of aliphatic carboxylic acids is 3. The number of nitrogens with zero attached hydrogens (tertiary/aromatic N) is 2. The summed E-state index contributed by atoms with van der Waals surface area (Å²) in [6.07, 6.45) is -1.83. The fourth-order valence-electron chi connectivity index (χ4n) is 13.6. The lowest BCUT2D eigenvalue weighted by molar-refractivity contribution is -0.143. The van der Waals surface area contributed by atoms with Crippen molar-refractivity contribution in [2.24, 2.45) is 34.4 Å². The molecular weight excluding hydrogens is 1680 g/mol. The van der Waals surface area contributed by atoms with Gasteiger partial charge in [0.05, 0.1) is 87.7 Å². The van der Waals surface area contributed by atoms with Gasteiger partial charge in [0.25, 0.3) is 17.7 Å². The van der Waals surface area contributed by atoms with E-state index in [4.69, 9.17) is 30.5 Å². The molecule has 0 saturated carbocycles. The molecule has 0 heterocycles. The van der Waals surface area contributed by atoms with E-state index in [2.05, 4.69) is 58.3 Å². The third-order valence-corrected chi connectivity index (χ3v) is 20.3. The molecule has 0 saturated heterocycles. The Hall–Kier alpha value is -13.2. The molecule has 0 fully saturated rings. The van der Waals surface area contributed by atoms with Crippen molar-refractivity contribution in [2.75, 3.05) is 90.8 Å². The van der Waals surface area contributed by atoms with Crippen molar-refractivity contribution in [1.82, 2.24) is 58.1 Å². The van der Waals surface area contributed by atoms with Crippen LogP contribution in [0.2, 0.25) is 0 Å². The Balaban J connectivity index is 1.07. The number of anilines is 1. The van der Waals surface area contributed by atoms with Crippen LogP contribution in [-0.4, -0.2) is 293 Å². The number of oxime groups is 1. The van der Waals surface area contributed by atoms with Gasteiger partial charge in [-0.15, -0.1) is 0 Å². The molecule has 0 radical (unpaired) electrons. The number of phenolic OH excluding ortho intramolecular Hbond substituents is 2. The Labute approximate surface area is 724 Å². The van der Waals surface area contributed by atoms with Gasteiger partial charge in [0, 0.05) is 24.4 Å². The van der Waals surface area contributed by atoms with E-state index in [-0.39, 0.29) is 117 Å². The van der Waals surface area contributed by atoms with Gasteiger partial charge in [0.15, 0.2) is 18.0 Å². The van der Waals surface area contributed by atoms with Crippen LogP contribution in [0, 0.1) is 24.7 Å². The number of rotatable bonds is 50. The number of thioether (sulfide) groups is 1. The van der Waals surface area contributed by atoms with Gasteiger partial charge >= 0.3 is 23.9 Å². The van der Waals surface area contributed by atoms with E-state index in [1.165, 1.54) is 91.4 Å². The summed E-state index contributed by atoms with van der Waals surface area (Å²) >= 11 is 1.25. The molecule has 0 bridgehead atoms. The van der Waals surface area contributed by atoms with Crippen LogP contribution in [0.4, 0.5) is 10.5 Å². The van der Waals surface area contributed by atoms with Crippen molar-refractivity contribution in [3.8, 4) is 11.5 Å². The Kier molecular flexibility index (Phi) is 38.8. The standard InChI is InChI=1S/C81H105N15O29S/c1-39(2)28-50(87-57(98)36-85-80(120)84-21-22-122-23-24-123-25-26-124-37-56(82)97)74(114)89-49(20-27-126-8)73(113)92-53(32-59(100)101)77(117)90-51(29-40(3)4)75(115)93-54(33-60(102)103)78(118)91-52(30-42-12-10-9-11-13-42)76(116)94-55(34-61(104)105)79(119)95-58(99)38-125-86-35-43-14-16-44(17-15-43)72(112)88-48-19-18-45-41(5)46-31-47-65(96(6)7)68(108)64(71(83)111)70(110)81(47,121)69(109)63(46)67(107)62(45)66(48)106/h9-19,35,39-40,47,49-55,65,106-108,121H,20-34,36-38H2,1-8H3,(H2,82,97)(H2,83,111)(H,87,98)(H,88,112)(H,89,114)(H,90,117)(H,91,118)(H,92,113)(H,93,115)(H,94,116)(H,100,101)(H,102,103)(H,104,105)(H2,84,85,120)(H,95,99,119)/b86-35+/t47-,49-,50-,51-,52-,53-,54-,55-,65-,81-/m0/s1. The molecule has 684 valence electrons. The average Bonchev–Trinajstić information content (AvgIpc) is 0.694. The van der Waals surface area contributed by atoms with Crippen LogP contribution in [-0.2, 0) is 104 Å². The van der Waals surface area contributed by atoms with Crippen molar-refractivity contribution >= 4 is 141 Å². The number of ether oxygens (including phenoxy) is 3. The molecule has 4 aromatic rings. The number of amides is 14. The number of nitrogens with two attached hydrogens (primary N) is 2. The molecule has 6 rings (SSSR count). The minimum absolute atomic E-state index is 0.0185. The SMILES string of the molecule is CSCC[C@H](NC(=O)[C@H](CC(C)C)NC(=O)CNC(=O)NCCOCCOCCOCC(N)=O)C(=O)N[C@@H](CC(=O)O)C(=O)N[C@@H](CC(C)C)C(=O)N[C@@H](CC(=O)O)C(=O)N[C@@H](Cc1ccccc1)C(=O)N[C@@H](CC(=O)O)C(=O)NC(=O)CO/N=C/c1ccc(C(=O)Nc2ccc3c(C)c4c(c(O)c3c2O)C(=O)[C@]2(O)C(=O)C(C(N)=O)=C(O)[C@@H](N(C)C)[C@@H]2C4)cc1. The number of carboxylic acids is 3. The van der Waals surface area contributed by atoms with E-state index in [0.29, 0.717) is 11.1 Å². The van der Waals surface area contributed by atoms with Crippen LogP contribution in [0.1, 0.15) is 109 Å². The smallest absolute Gasteiger partial charge is 0.315 e. The number of likely N-dealkylation sites (N-methyl/N-ethyl adjacent to an activating group) is 1. The third-order valence-electron chi connectivity index (χ3n) is 19.6. The van der Waals surface area contributed by atoms with Gasteiger partial charge in [-0.25, -0.2) is 4.79 Å². The van der Waals surface area contributed by atoms with E-state index >= 15 is 0 Å². The van der Waals surface area contributed by atoms with Crippen LogP contribution in [0.5, 0.6) is 11.5 Å². The minimum Gasteiger partial charge on any atom is -0.510 e. The number of hydrogen-bond acceptors (Lipinski definition) is 29. The minimum atomic E-state index is -3.00. The number of urea groups is 1. The molecule has 22 N–H and O–H groups in total. The van der Waals surface area contributed by atoms with Crippen LogP contribution in [0.3, 0.4) is 0 Å². The van der Waals surface area contributed by atoms with Crippen LogP contribution in [0.15, 0.2) is 83.2 Å². The highest BCUT2D eigenvalue weighted by Crippen LogP contribution is 2.51. The Morgan fingerprint density at radius 2 is 1.10 bits per heavy atom. The Bertz CT molecular complexity index is 4800. The zero-order chi connectivity index (χ0) is 93.6. The topological polar surface area (TPSA) is 686 Å². The maximum atomic E-state index is 14.4. The second kappa shape index (κ2) is 48.1. The summed E-state index contributed by atoms with van der Waals surface area (Å²) in [5.41, 5.74) is 6.66. The highest BCUT2D eigenvalue weighted by molar-refractivity contribution is 7.98. The Morgan fingerprint density at radius 1 is 0.595 bits per heavy atom. The number of imide groups is 1. The monoisotopic (exact) mass is 1780 g/mol. The van der Waals surface area contributed by atoms with E-state index in [1.54, 1.807) is 46.9 Å². The number of aliphatic hydroxyl groups is 2. The van der Waals surface area contributed by atoms with Gasteiger partial charge in [-0.3, -0.25) is 91.7 Å². The predicted octanol–water partition coefficient (Wildman–Crippen LogP) is -2.56. The number of carbonyl (C=O) groups excluding carboxylic acids is 15. The molecule has 4 aromatic carbocycles. The molecule has 45 heteroatoms. The number of hydrogen-bond donors (Lipinski definition) is 20. The first-order valence-corrected chi connectivity index (χ1v) is 40.8. The number of aromatic hydroxyl groups is 2. The molecule has 0 spiro atoms. The van der Waals surface area contributed by atoms with Gasteiger partial charge in [0.1, 0.15) is 66.0 Å². The number of aliphatic hydroxyl groups excluding tert-OH is 1. The highest BCUT2D eigenvalue weighted by atomic mass is 32.2. The summed E-state index contributed by atoms with van der Waals surface area (Å²) in [6.45, 7) is 7.14. The number of carboxylic acid groups (broad SMARTS) is 3.